The lowest BCUT2D eigenvalue weighted by Gasteiger charge is -2.35. The Hall–Kier alpha value is -2.04. The number of carboxylic acids is 1. The van der Waals surface area contributed by atoms with Crippen molar-refractivity contribution in [2.45, 2.75) is 39.2 Å². The third-order valence-corrected chi connectivity index (χ3v) is 3.91. The quantitative estimate of drug-likeness (QED) is 0.911. The van der Waals surface area contributed by atoms with Gasteiger partial charge in [0.15, 0.2) is 0 Å². The molecule has 2 rings (SSSR count). The van der Waals surface area contributed by atoms with Gasteiger partial charge in [0.25, 0.3) is 0 Å². The van der Waals surface area contributed by atoms with Gasteiger partial charge in [0.05, 0.1) is 0 Å². The SMILES string of the molecule is Cc1cc(C)cc(N(C)C(=O)N2CCCCC2C(=O)O)c1. The second kappa shape index (κ2) is 6.16. The summed E-state index contributed by atoms with van der Waals surface area (Å²) in [5.41, 5.74) is 2.96. The normalized spacial score (nSPS) is 18.4. The van der Waals surface area contributed by atoms with E-state index in [9.17, 15) is 14.7 Å². The van der Waals surface area contributed by atoms with Crippen molar-refractivity contribution < 1.29 is 14.7 Å². The predicted octanol–water partition coefficient (Wildman–Crippen LogP) is 2.80. The number of benzene rings is 1. The molecular weight excluding hydrogens is 268 g/mol. The standard InChI is InChI=1S/C16H22N2O3/c1-11-8-12(2)10-13(9-11)17(3)16(21)18-7-5-4-6-14(18)15(19)20/h8-10,14H,4-7H2,1-3H3,(H,19,20). The fourth-order valence-corrected chi connectivity index (χ4v) is 2.86. The van der Waals surface area contributed by atoms with Gasteiger partial charge in [-0.05, 0) is 56.4 Å². The molecule has 1 heterocycles. The smallest absolute Gasteiger partial charge is 0.326 e. The zero-order chi connectivity index (χ0) is 15.6. The largest absolute Gasteiger partial charge is 0.480 e. The Morgan fingerprint density at radius 3 is 2.38 bits per heavy atom. The Morgan fingerprint density at radius 2 is 1.81 bits per heavy atom. The van der Waals surface area contributed by atoms with Crippen LogP contribution in [0.1, 0.15) is 30.4 Å². The highest BCUT2D eigenvalue weighted by Crippen LogP contribution is 2.23. The number of carbonyl (C=O) groups is 2. The first kappa shape index (κ1) is 15.4. The number of rotatable bonds is 2. The molecule has 0 bridgehead atoms. The molecule has 1 N–H and O–H groups in total. The van der Waals surface area contributed by atoms with Crippen LogP contribution in [0.25, 0.3) is 0 Å². The Bertz CT molecular complexity index is 536. The molecule has 1 aliphatic rings. The van der Waals surface area contributed by atoms with E-state index in [0.29, 0.717) is 13.0 Å². The first-order chi connectivity index (χ1) is 9.90. The van der Waals surface area contributed by atoms with Crippen LogP contribution in [-0.4, -0.2) is 41.6 Å². The van der Waals surface area contributed by atoms with E-state index in [2.05, 4.69) is 0 Å². The third kappa shape index (κ3) is 3.35. The van der Waals surface area contributed by atoms with E-state index in [1.54, 1.807) is 11.9 Å². The van der Waals surface area contributed by atoms with Gasteiger partial charge >= 0.3 is 12.0 Å². The molecule has 0 radical (unpaired) electrons. The van der Waals surface area contributed by atoms with E-state index in [1.807, 2.05) is 32.0 Å². The summed E-state index contributed by atoms with van der Waals surface area (Å²) < 4.78 is 0. The van der Waals surface area contributed by atoms with E-state index in [4.69, 9.17) is 0 Å². The summed E-state index contributed by atoms with van der Waals surface area (Å²) in [6, 6.07) is 4.96. The van der Waals surface area contributed by atoms with Gasteiger partial charge in [0, 0.05) is 19.3 Å². The monoisotopic (exact) mass is 290 g/mol. The van der Waals surface area contributed by atoms with Crippen LogP contribution in [0.15, 0.2) is 18.2 Å². The van der Waals surface area contributed by atoms with Crippen molar-refractivity contribution in [2.24, 2.45) is 0 Å². The Balaban J connectivity index is 2.23. The fraction of sp³-hybridized carbons (Fsp3) is 0.500. The number of amides is 2. The highest BCUT2D eigenvalue weighted by atomic mass is 16.4. The molecule has 0 aromatic heterocycles. The molecule has 0 aliphatic carbocycles. The average molecular weight is 290 g/mol. The molecule has 21 heavy (non-hydrogen) atoms. The van der Waals surface area contributed by atoms with Crippen molar-refractivity contribution in [3.8, 4) is 0 Å². The highest BCUT2D eigenvalue weighted by molar-refractivity contribution is 5.94. The molecule has 0 spiro atoms. The highest BCUT2D eigenvalue weighted by Gasteiger charge is 2.33. The number of anilines is 1. The zero-order valence-corrected chi connectivity index (χ0v) is 12.8. The maximum absolute atomic E-state index is 12.6. The summed E-state index contributed by atoms with van der Waals surface area (Å²) in [5.74, 6) is -0.920. The minimum Gasteiger partial charge on any atom is -0.480 e. The van der Waals surface area contributed by atoms with Gasteiger partial charge in [-0.2, -0.15) is 0 Å². The van der Waals surface area contributed by atoms with Crippen LogP contribution in [0.5, 0.6) is 0 Å². The molecule has 1 aliphatic heterocycles. The lowest BCUT2D eigenvalue weighted by Crippen LogP contribution is -2.52. The molecule has 1 aromatic rings. The Kier molecular flexibility index (Phi) is 4.50. The van der Waals surface area contributed by atoms with Crippen molar-refractivity contribution in [3.05, 3.63) is 29.3 Å². The maximum Gasteiger partial charge on any atom is 0.326 e. The maximum atomic E-state index is 12.6. The van der Waals surface area contributed by atoms with Crippen LogP contribution in [0.2, 0.25) is 0 Å². The Morgan fingerprint density at radius 1 is 1.19 bits per heavy atom. The third-order valence-electron chi connectivity index (χ3n) is 3.91. The van der Waals surface area contributed by atoms with Crippen molar-refractivity contribution in [2.75, 3.05) is 18.5 Å². The molecule has 1 unspecified atom stereocenters. The van der Waals surface area contributed by atoms with E-state index in [-0.39, 0.29) is 6.03 Å². The Labute approximate surface area is 125 Å². The van der Waals surface area contributed by atoms with Gasteiger partial charge in [-0.1, -0.05) is 6.07 Å². The van der Waals surface area contributed by atoms with Crippen molar-refractivity contribution in [3.63, 3.8) is 0 Å². The molecule has 1 saturated heterocycles. The number of likely N-dealkylation sites (tertiary alicyclic amines) is 1. The van der Waals surface area contributed by atoms with Crippen molar-refractivity contribution in [1.82, 2.24) is 4.90 Å². The average Bonchev–Trinajstić information content (AvgIpc) is 2.44. The predicted molar refractivity (Wildman–Crippen MR) is 81.7 cm³/mol. The van der Waals surface area contributed by atoms with Crippen molar-refractivity contribution in [1.29, 1.82) is 0 Å². The van der Waals surface area contributed by atoms with Crippen LogP contribution in [0.3, 0.4) is 0 Å². The summed E-state index contributed by atoms with van der Waals surface area (Å²) in [6.07, 6.45) is 2.24. The molecule has 1 fully saturated rings. The van der Waals surface area contributed by atoms with E-state index in [0.717, 1.165) is 29.7 Å². The number of nitrogens with zero attached hydrogens (tertiary/aromatic N) is 2. The van der Waals surface area contributed by atoms with Gasteiger partial charge in [0.1, 0.15) is 6.04 Å². The van der Waals surface area contributed by atoms with Crippen LogP contribution < -0.4 is 4.90 Å². The molecule has 0 saturated carbocycles. The first-order valence-corrected chi connectivity index (χ1v) is 7.25. The number of piperidine rings is 1. The second-order valence-corrected chi connectivity index (χ2v) is 5.73. The number of aliphatic carboxylic acids is 1. The molecule has 5 nitrogen and oxygen atoms in total. The summed E-state index contributed by atoms with van der Waals surface area (Å²) in [7, 11) is 1.70. The minimum atomic E-state index is -0.920. The first-order valence-electron chi connectivity index (χ1n) is 7.25. The van der Waals surface area contributed by atoms with Crippen LogP contribution in [-0.2, 0) is 4.79 Å². The van der Waals surface area contributed by atoms with Gasteiger partial charge in [0.2, 0.25) is 0 Å². The summed E-state index contributed by atoms with van der Waals surface area (Å²) in [4.78, 5) is 27.0. The van der Waals surface area contributed by atoms with Crippen LogP contribution >= 0.6 is 0 Å². The van der Waals surface area contributed by atoms with E-state index < -0.39 is 12.0 Å². The molecule has 5 heteroatoms. The topological polar surface area (TPSA) is 60.9 Å². The summed E-state index contributed by atoms with van der Waals surface area (Å²) in [6.45, 7) is 4.47. The van der Waals surface area contributed by atoms with Gasteiger partial charge in [-0.25, -0.2) is 9.59 Å². The summed E-state index contributed by atoms with van der Waals surface area (Å²) >= 11 is 0. The molecule has 114 valence electrons. The number of aryl methyl sites for hydroxylation is 2. The number of carbonyl (C=O) groups excluding carboxylic acids is 1. The van der Waals surface area contributed by atoms with Crippen molar-refractivity contribution >= 4 is 17.7 Å². The molecule has 2 amide bonds. The molecule has 1 aromatic carbocycles. The molecule has 1 atom stereocenters. The number of hydrogen-bond donors (Lipinski definition) is 1. The number of urea groups is 1. The second-order valence-electron chi connectivity index (χ2n) is 5.73. The lowest BCUT2D eigenvalue weighted by molar-refractivity contribution is -0.143. The van der Waals surface area contributed by atoms with Gasteiger partial charge in [-0.3, -0.25) is 4.90 Å². The molecular formula is C16H22N2O3. The lowest BCUT2D eigenvalue weighted by atomic mass is 10.0. The van der Waals surface area contributed by atoms with Crippen LogP contribution in [0, 0.1) is 13.8 Å². The summed E-state index contributed by atoms with van der Waals surface area (Å²) in [5, 5.41) is 9.29. The zero-order valence-electron chi connectivity index (χ0n) is 12.8. The fourth-order valence-electron chi connectivity index (χ4n) is 2.86. The number of hydrogen-bond acceptors (Lipinski definition) is 2. The minimum absolute atomic E-state index is 0.243. The van der Waals surface area contributed by atoms with Gasteiger partial charge in [-0.15, -0.1) is 0 Å². The number of carboxylic acid groups (broad SMARTS) is 1. The van der Waals surface area contributed by atoms with E-state index >= 15 is 0 Å². The van der Waals surface area contributed by atoms with E-state index in [1.165, 1.54) is 4.90 Å². The van der Waals surface area contributed by atoms with Crippen LogP contribution in [0.4, 0.5) is 10.5 Å². The van der Waals surface area contributed by atoms with Gasteiger partial charge < -0.3 is 10.0 Å².